The lowest BCUT2D eigenvalue weighted by atomic mass is 10.0. The zero-order valence-electron chi connectivity index (χ0n) is 9.30. The molecule has 0 fully saturated rings. The van der Waals surface area contributed by atoms with Crippen LogP contribution in [0.4, 0.5) is 0 Å². The molecule has 0 saturated carbocycles. The summed E-state index contributed by atoms with van der Waals surface area (Å²) in [5.41, 5.74) is 0. The number of nitrogens with zero attached hydrogens (tertiary/aromatic N) is 2. The molecule has 80 valence electrons. The van der Waals surface area contributed by atoms with Crippen LogP contribution in [0.25, 0.3) is 0 Å². The van der Waals surface area contributed by atoms with E-state index >= 15 is 0 Å². The second-order valence-electron chi connectivity index (χ2n) is 3.65. The lowest BCUT2D eigenvalue weighted by Crippen LogP contribution is -2.22. The van der Waals surface area contributed by atoms with Crippen molar-refractivity contribution in [3.05, 3.63) is 11.6 Å². The molecular weight excluding hydrogens is 176 g/mol. The Labute approximate surface area is 85.5 Å². The summed E-state index contributed by atoms with van der Waals surface area (Å²) in [6, 6.07) is 0. The number of hydrogen-bond acceptors (Lipinski definition) is 3. The SMILES string of the molecule is CCC(CC)CNCc1n[nH]c(C)n1. The summed E-state index contributed by atoms with van der Waals surface area (Å²) in [6.45, 7) is 8.19. The number of H-pyrrole nitrogens is 1. The largest absolute Gasteiger partial charge is 0.310 e. The number of nitrogens with one attached hydrogen (secondary N) is 2. The fourth-order valence-electron chi connectivity index (χ4n) is 1.43. The number of aryl methyl sites for hydroxylation is 1. The van der Waals surface area contributed by atoms with Crippen molar-refractivity contribution in [2.75, 3.05) is 6.54 Å². The molecule has 0 aliphatic heterocycles. The highest BCUT2D eigenvalue weighted by Crippen LogP contribution is 2.05. The van der Waals surface area contributed by atoms with Gasteiger partial charge in [0, 0.05) is 0 Å². The average molecular weight is 196 g/mol. The lowest BCUT2D eigenvalue weighted by Gasteiger charge is -2.11. The van der Waals surface area contributed by atoms with Gasteiger partial charge in [0.15, 0.2) is 5.82 Å². The zero-order chi connectivity index (χ0) is 10.4. The molecule has 0 aliphatic rings. The van der Waals surface area contributed by atoms with E-state index in [-0.39, 0.29) is 0 Å². The molecular formula is C10H20N4. The second-order valence-corrected chi connectivity index (χ2v) is 3.65. The topological polar surface area (TPSA) is 53.6 Å². The molecule has 14 heavy (non-hydrogen) atoms. The predicted octanol–water partition coefficient (Wildman–Crippen LogP) is 1.64. The Morgan fingerprint density at radius 2 is 2.07 bits per heavy atom. The van der Waals surface area contributed by atoms with Crippen LogP contribution in [0.3, 0.4) is 0 Å². The Morgan fingerprint density at radius 3 is 2.57 bits per heavy atom. The van der Waals surface area contributed by atoms with Gasteiger partial charge in [-0.05, 0) is 19.4 Å². The summed E-state index contributed by atoms with van der Waals surface area (Å²) in [6.07, 6.45) is 2.47. The number of rotatable bonds is 6. The Bertz CT molecular complexity index is 252. The number of hydrogen-bond donors (Lipinski definition) is 2. The lowest BCUT2D eigenvalue weighted by molar-refractivity contribution is 0.446. The number of aromatic nitrogens is 3. The van der Waals surface area contributed by atoms with Gasteiger partial charge in [-0.2, -0.15) is 5.10 Å². The maximum absolute atomic E-state index is 4.23. The summed E-state index contributed by atoms with van der Waals surface area (Å²) in [7, 11) is 0. The summed E-state index contributed by atoms with van der Waals surface area (Å²) in [5, 5.41) is 10.3. The highest BCUT2D eigenvalue weighted by molar-refractivity contribution is 4.86. The van der Waals surface area contributed by atoms with Crippen LogP contribution in [0.1, 0.15) is 38.3 Å². The third kappa shape index (κ3) is 3.46. The summed E-state index contributed by atoms with van der Waals surface area (Å²) < 4.78 is 0. The second kappa shape index (κ2) is 5.75. The van der Waals surface area contributed by atoms with E-state index in [9.17, 15) is 0 Å². The minimum Gasteiger partial charge on any atom is -0.310 e. The molecule has 0 aromatic carbocycles. The van der Waals surface area contributed by atoms with Gasteiger partial charge in [-0.15, -0.1) is 0 Å². The zero-order valence-corrected chi connectivity index (χ0v) is 9.30. The van der Waals surface area contributed by atoms with Gasteiger partial charge in [0.1, 0.15) is 5.82 Å². The molecule has 1 heterocycles. The molecule has 0 spiro atoms. The molecule has 1 aromatic rings. The van der Waals surface area contributed by atoms with E-state index in [4.69, 9.17) is 0 Å². The van der Waals surface area contributed by atoms with Crippen molar-refractivity contribution in [2.24, 2.45) is 5.92 Å². The molecule has 0 aliphatic carbocycles. The van der Waals surface area contributed by atoms with Crippen LogP contribution in [-0.2, 0) is 6.54 Å². The van der Waals surface area contributed by atoms with E-state index in [1.165, 1.54) is 12.8 Å². The first kappa shape index (κ1) is 11.2. The maximum Gasteiger partial charge on any atom is 0.164 e. The molecule has 4 nitrogen and oxygen atoms in total. The van der Waals surface area contributed by atoms with Gasteiger partial charge in [0.2, 0.25) is 0 Å². The van der Waals surface area contributed by atoms with Crippen molar-refractivity contribution < 1.29 is 0 Å². The van der Waals surface area contributed by atoms with Crippen LogP contribution in [0.2, 0.25) is 0 Å². The molecule has 1 rings (SSSR count). The van der Waals surface area contributed by atoms with E-state index in [1.54, 1.807) is 0 Å². The van der Waals surface area contributed by atoms with Gasteiger partial charge in [0.05, 0.1) is 6.54 Å². The highest BCUT2D eigenvalue weighted by Gasteiger charge is 2.03. The maximum atomic E-state index is 4.23. The van der Waals surface area contributed by atoms with Crippen LogP contribution in [0.5, 0.6) is 0 Å². The van der Waals surface area contributed by atoms with Crippen molar-refractivity contribution in [1.82, 2.24) is 20.5 Å². The van der Waals surface area contributed by atoms with E-state index in [0.29, 0.717) is 0 Å². The fourth-order valence-corrected chi connectivity index (χ4v) is 1.43. The van der Waals surface area contributed by atoms with Gasteiger partial charge < -0.3 is 5.32 Å². The first-order chi connectivity index (χ1) is 6.76. The molecule has 2 N–H and O–H groups in total. The third-order valence-electron chi connectivity index (χ3n) is 2.51. The molecule has 0 atom stereocenters. The van der Waals surface area contributed by atoms with Gasteiger partial charge in [-0.3, -0.25) is 5.10 Å². The molecule has 1 aromatic heterocycles. The van der Waals surface area contributed by atoms with Crippen molar-refractivity contribution in [3.63, 3.8) is 0 Å². The van der Waals surface area contributed by atoms with Gasteiger partial charge in [-0.1, -0.05) is 26.7 Å². The van der Waals surface area contributed by atoms with Gasteiger partial charge in [0.25, 0.3) is 0 Å². The van der Waals surface area contributed by atoms with E-state index < -0.39 is 0 Å². The summed E-state index contributed by atoms with van der Waals surface area (Å²) in [4.78, 5) is 4.23. The molecule has 0 bridgehead atoms. The van der Waals surface area contributed by atoms with Crippen LogP contribution < -0.4 is 5.32 Å². The quantitative estimate of drug-likeness (QED) is 0.727. The van der Waals surface area contributed by atoms with Crippen LogP contribution in [0.15, 0.2) is 0 Å². The fraction of sp³-hybridized carbons (Fsp3) is 0.800. The Kier molecular flexibility index (Phi) is 4.59. The Morgan fingerprint density at radius 1 is 1.36 bits per heavy atom. The van der Waals surface area contributed by atoms with Crippen molar-refractivity contribution in [3.8, 4) is 0 Å². The smallest absolute Gasteiger partial charge is 0.164 e. The highest BCUT2D eigenvalue weighted by atomic mass is 15.2. The predicted molar refractivity (Wildman–Crippen MR) is 56.9 cm³/mol. The third-order valence-corrected chi connectivity index (χ3v) is 2.51. The molecule has 0 radical (unpaired) electrons. The molecule has 4 heteroatoms. The minimum absolute atomic E-state index is 0.765. The van der Waals surface area contributed by atoms with Crippen LogP contribution in [-0.4, -0.2) is 21.7 Å². The van der Waals surface area contributed by atoms with Crippen LogP contribution in [0, 0.1) is 12.8 Å². The first-order valence-corrected chi connectivity index (χ1v) is 5.34. The van der Waals surface area contributed by atoms with Crippen molar-refractivity contribution in [2.45, 2.75) is 40.2 Å². The van der Waals surface area contributed by atoms with Crippen LogP contribution >= 0.6 is 0 Å². The normalized spacial score (nSPS) is 11.1. The Balaban J connectivity index is 2.21. The molecule has 0 saturated heterocycles. The Hall–Kier alpha value is -0.900. The van der Waals surface area contributed by atoms with Gasteiger partial charge in [-0.25, -0.2) is 4.98 Å². The summed E-state index contributed by atoms with van der Waals surface area (Å²) >= 11 is 0. The minimum atomic E-state index is 0.765. The average Bonchev–Trinajstić information content (AvgIpc) is 2.59. The van der Waals surface area contributed by atoms with E-state index in [0.717, 1.165) is 30.7 Å². The van der Waals surface area contributed by atoms with E-state index in [1.807, 2.05) is 6.92 Å². The van der Waals surface area contributed by atoms with Crippen molar-refractivity contribution >= 4 is 0 Å². The van der Waals surface area contributed by atoms with Gasteiger partial charge >= 0.3 is 0 Å². The van der Waals surface area contributed by atoms with Crippen molar-refractivity contribution in [1.29, 1.82) is 0 Å². The van der Waals surface area contributed by atoms with E-state index in [2.05, 4.69) is 34.3 Å². The monoisotopic (exact) mass is 196 g/mol. The number of aromatic amines is 1. The summed E-state index contributed by atoms with van der Waals surface area (Å²) in [5.74, 6) is 2.51. The molecule has 0 amide bonds. The standard InChI is InChI=1S/C10H20N4/c1-4-9(5-2)6-11-7-10-12-8(3)13-14-10/h9,11H,4-7H2,1-3H3,(H,12,13,14). The molecule has 0 unspecified atom stereocenters. The first-order valence-electron chi connectivity index (χ1n) is 5.34.